The number of nitriles is 1. The maximum Gasteiger partial charge on any atom is 0.267 e. The van der Waals surface area contributed by atoms with Crippen LogP contribution in [0.1, 0.15) is 6.42 Å². The first-order chi connectivity index (χ1) is 10.1. The molecule has 2 rings (SSSR count). The van der Waals surface area contributed by atoms with Gasteiger partial charge in [0.25, 0.3) is 10.0 Å². The van der Waals surface area contributed by atoms with Crippen LogP contribution in [0.2, 0.25) is 0 Å². The maximum absolute atomic E-state index is 12.6. The highest BCUT2D eigenvalue weighted by molar-refractivity contribution is 7.92. The van der Waals surface area contributed by atoms with E-state index in [2.05, 4.69) is 9.97 Å². The third-order valence-electron chi connectivity index (χ3n) is 2.71. The standard InChI is InChI=1S/C13H13N5O2S/c14-7-4-8-18(11-5-2-1-3-6-11)21(19,20)12-9-16-13(15)17-10-12/h1-3,5-6,9-10H,4,8H2,(H2,15,16,17). The van der Waals surface area contributed by atoms with Crippen molar-refractivity contribution < 1.29 is 8.42 Å². The minimum atomic E-state index is -3.84. The van der Waals surface area contributed by atoms with E-state index in [9.17, 15) is 8.42 Å². The van der Waals surface area contributed by atoms with Gasteiger partial charge in [0.2, 0.25) is 5.95 Å². The molecule has 108 valence electrons. The second-order valence-electron chi connectivity index (χ2n) is 4.10. The molecular formula is C13H13N5O2S. The van der Waals surface area contributed by atoms with Crippen molar-refractivity contribution in [3.8, 4) is 6.07 Å². The van der Waals surface area contributed by atoms with E-state index in [1.165, 1.54) is 0 Å². The third kappa shape index (κ3) is 3.27. The highest BCUT2D eigenvalue weighted by Crippen LogP contribution is 2.23. The van der Waals surface area contributed by atoms with Crippen molar-refractivity contribution in [2.24, 2.45) is 0 Å². The van der Waals surface area contributed by atoms with Gasteiger partial charge in [0.05, 0.1) is 30.6 Å². The molecule has 0 bridgehead atoms. The summed E-state index contributed by atoms with van der Waals surface area (Å²) in [6.07, 6.45) is 2.38. The highest BCUT2D eigenvalue weighted by atomic mass is 32.2. The van der Waals surface area contributed by atoms with Gasteiger partial charge < -0.3 is 5.73 Å². The topological polar surface area (TPSA) is 113 Å². The summed E-state index contributed by atoms with van der Waals surface area (Å²) in [5.74, 6) is -0.00256. The Hall–Kier alpha value is -2.66. The molecule has 8 heteroatoms. The molecule has 0 unspecified atom stereocenters. The van der Waals surface area contributed by atoms with Crippen molar-refractivity contribution >= 4 is 21.7 Å². The number of para-hydroxylation sites is 1. The molecule has 0 aliphatic carbocycles. The van der Waals surface area contributed by atoms with Gasteiger partial charge in [-0.3, -0.25) is 4.31 Å². The van der Waals surface area contributed by atoms with E-state index in [1.807, 2.05) is 6.07 Å². The Balaban J connectivity index is 2.45. The SMILES string of the molecule is N#CCCN(c1ccccc1)S(=O)(=O)c1cnc(N)nc1. The molecule has 1 aromatic heterocycles. The van der Waals surface area contributed by atoms with Crippen LogP contribution in [0, 0.1) is 11.3 Å². The van der Waals surface area contributed by atoms with Crippen molar-refractivity contribution in [2.45, 2.75) is 11.3 Å². The van der Waals surface area contributed by atoms with Gasteiger partial charge >= 0.3 is 0 Å². The summed E-state index contributed by atoms with van der Waals surface area (Å²) in [5, 5.41) is 8.72. The molecule has 2 aromatic rings. The second kappa shape index (κ2) is 6.19. The van der Waals surface area contributed by atoms with E-state index < -0.39 is 10.0 Å². The Bertz CT molecular complexity index is 738. The zero-order valence-electron chi connectivity index (χ0n) is 11.0. The first-order valence-corrected chi connectivity index (χ1v) is 7.52. The van der Waals surface area contributed by atoms with E-state index in [4.69, 9.17) is 11.0 Å². The number of nitrogens with zero attached hydrogens (tertiary/aromatic N) is 4. The Morgan fingerprint density at radius 1 is 1.19 bits per heavy atom. The number of benzene rings is 1. The first kappa shape index (κ1) is 14.7. The minimum Gasteiger partial charge on any atom is -0.368 e. The van der Waals surface area contributed by atoms with E-state index in [0.29, 0.717) is 5.69 Å². The smallest absolute Gasteiger partial charge is 0.267 e. The molecule has 1 aromatic carbocycles. The van der Waals surface area contributed by atoms with Gasteiger partial charge in [-0.2, -0.15) is 5.26 Å². The number of rotatable bonds is 5. The van der Waals surface area contributed by atoms with Crippen LogP contribution in [0.5, 0.6) is 0 Å². The van der Waals surface area contributed by atoms with Gasteiger partial charge in [0, 0.05) is 6.54 Å². The van der Waals surface area contributed by atoms with Gasteiger partial charge in [-0.05, 0) is 12.1 Å². The van der Waals surface area contributed by atoms with Crippen LogP contribution < -0.4 is 10.0 Å². The summed E-state index contributed by atoms with van der Waals surface area (Å²) in [6.45, 7) is 0.0488. The quantitative estimate of drug-likeness (QED) is 0.887. The van der Waals surface area contributed by atoms with Crippen LogP contribution in [-0.2, 0) is 10.0 Å². The first-order valence-electron chi connectivity index (χ1n) is 6.08. The fourth-order valence-electron chi connectivity index (χ4n) is 1.72. The normalized spacial score (nSPS) is 10.8. The predicted octanol–water partition coefficient (Wildman–Crippen LogP) is 1.17. The number of sulfonamides is 1. The fourth-order valence-corrected chi connectivity index (χ4v) is 3.08. The van der Waals surface area contributed by atoms with Crippen LogP contribution in [-0.4, -0.2) is 24.9 Å². The Morgan fingerprint density at radius 3 is 2.38 bits per heavy atom. The number of hydrogen-bond acceptors (Lipinski definition) is 6. The number of hydrogen-bond donors (Lipinski definition) is 1. The monoisotopic (exact) mass is 303 g/mol. The zero-order valence-corrected chi connectivity index (χ0v) is 11.9. The molecule has 0 fully saturated rings. The highest BCUT2D eigenvalue weighted by Gasteiger charge is 2.25. The van der Waals surface area contributed by atoms with Gasteiger partial charge in [0.1, 0.15) is 4.90 Å². The van der Waals surface area contributed by atoms with Crippen LogP contribution >= 0.6 is 0 Å². The summed E-state index contributed by atoms with van der Waals surface area (Å²) in [4.78, 5) is 7.32. The third-order valence-corrected chi connectivity index (χ3v) is 4.49. The van der Waals surface area contributed by atoms with Gasteiger partial charge in [-0.25, -0.2) is 18.4 Å². The summed E-state index contributed by atoms with van der Waals surface area (Å²) in [7, 11) is -3.84. The summed E-state index contributed by atoms with van der Waals surface area (Å²) >= 11 is 0. The molecule has 1 heterocycles. The van der Waals surface area contributed by atoms with Crippen LogP contribution in [0.4, 0.5) is 11.6 Å². The van der Waals surface area contributed by atoms with Gasteiger partial charge in [0.15, 0.2) is 0 Å². The lowest BCUT2D eigenvalue weighted by Gasteiger charge is -2.23. The fraction of sp³-hybridized carbons (Fsp3) is 0.154. The zero-order chi connectivity index (χ0) is 15.3. The lowest BCUT2D eigenvalue weighted by atomic mass is 10.3. The van der Waals surface area contributed by atoms with Crippen LogP contribution in [0.25, 0.3) is 0 Å². The van der Waals surface area contributed by atoms with Crippen molar-refractivity contribution in [3.63, 3.8) is 0 Å². The van der Waals surface area contributed by atoms with Crippen molar-refractivity contribution in [1.29, 1.82) is 5.26 Å². The molecule has 0 aliphatic rings. The maximum atomic E-state index is 12.6. The number of aromatic nitrogens is 2. The second-order valence-corrected chi connectivity index (χ2v) is 5.96. The molecule has 21 heavy (non-hydrogen) atoms. The molecule has 0 saturated carbocycles. The van der Waals surface area contributed by atoms with Crippen molar-refractivity contribution in [3.05, 3.63) is 42.7 Å². The van der Waals surface area contributed by atoms with E-state index in [0.717, 1.165) is 16.7 Å². The molecule has 0 saturated heterocycles. The molecule has 0 amide bonds. The molecule has 0 atom stereocenters. The van der Waals surface area contributed by atoms with Gasteiger partial charge in [-0.15, -0.1) is 0 Å². The van der Waals surface area contributed by atoms with E-state index in [1.54, 1.807) is 30.3 Å². The van der Waals surface area contributed by atoms with Crippen LogP contribution in [0.15, 0.2) is 47.6 Å². The number of nitrogens with two attached hydrogens (primary N) is 1. The van der Waals surface area contributed by atoms with E-state index in [-0.39, 0.29) is 23.8 Å². The summed E-state index contributed by atoms with van der Waals surface area (Å²) < 4.78 is 26.4. The number of nitrogen functional groups attached to an aromatic ring is 1. The molecule has 7 nitrogen and oxygen atoms in total. The van der Waals surface area contributed by atoms with Crippen molar-refractivity contribution in [2.75, 3.05) is 16.6 Å². The Labute approximate surface area is 122 Å². The minimum absolute atomic E-state index is 0.00256. The Kier molecular flexibility index (Phi) is 4.35. The molecule has 0 aliphatic heterocycles. The van der Waals surface area contributed by atoms with Crippen LogP contribution in [0.3, 0.4) is 0 Å². The molecule has 0 spiro atoms. The summed E-state index contributed by atoms with van der Waals surface area (Å²) in [6, 6.07) is 10.5. The Morgan fingerprint density at radius 2 is 1.81 bits per heavy atom. The average molecular weight is 303 g/mol. The molecule has 0 radical (unpaired) electrons. The largest absolute Gasteiger partial charge is 0.368 e. The average Bonchev–Trinajstić information content (AvgIpc) is 2.49. The van der Waals surface area contributed by atoms with Gasteiger partial charge in [-0.1, -0.05) is 18.2 Å². The summed E-state index contributed by atoms with van der Waals surface area (Å²) in [5.41, 5.74) is 5.84. The number of anilines is 2. The van der Waals surface area contributed by atoms with Crippen molar-refractivity contribution in [1.82, 2.24) is 9.97 Å². The van der Waals surface area contributed by atoms with E-state index >= 15 is 0 Å². The molecule has 2 N–H and O–H groups in total. The molecular weight excluding hydrogens is 290 g/mol. The lowest BCUT2D eigenvalue weighted by Crippen LogP contribution is -2.32. The lowest BCUT2D eigenvalue weighted by molar-refractivity contribution is 0.590. The predicted molar refractivity (Wildman–Crippen MR) is 77.6 cm³/mol.